The van der Waals surface area contributed by atoms with Crippen molar-refractivity contribution < 1.29 is 14.3 Å². The van der Waals surface area contributed by atoms with E-state index >= 15 is 0 Å². The molecule has 1 aromatic rings. The number of amides is 2. The SMILES string of the molecule is CC(C)(C)OC(=O)N1CCCC1C(=O)NCCCSc1ccccc1. The normalized spacial score (nSPS) is 17.4. The Morgan fingerprint density at radius 2 is 2.00 bits per heavy atom. The van der Waals surface area contributed by atoms with Crippen LogP contribution in [0.25, 0.3) is 0 Å². The molecule has 0 aliphatic carbocycles. The van der Waals surface area contributed by atoms with Crippen LogP contribution in [0.4, 0.5) is 4.79 Å². The monoisotopic (exact) mass is 364 g/mol. The lowest BCUT2D eigenvalue weighted by molar-refractivity contribution is -0.125. The topological polar surface area (TPSA) is 58.6 Å². The molecule has 0 bridgehead atoms. The average molecular weight is 365 g/mol. The first-order chi connectivity index (χ1) is 11.9. The van der Waals surface area contributed by atoms with Crippen LogP contribution in [0.15, 0.2) is 35.2 Å². The first-order valence-electron chi connectivity index (χ1n) is 8.82. The van der Waals surface area contributed by atoms with Gasteiger partial charge in [-0.15, -0.1) is 11.8 Å². The van der Waals surface area contributed by atoms with E-state index < -0.39 is 17.7 Å². The Morgan fingerprint density at radius 1 is 1.28 bits per heavy atom. The lowest BCUT2D eigenvalue weighted by Crippen LogP contribution is -2.47. The Bertz CT molecular complexity index is 572. The smallest absolute Gasteiger partial charge is 0.410 e. The van der Waals surface area contributed by atoms with Gasteiger partial charge in [0.1, 0.15) is 11.6 Å². The summed E-state index contributed by atoms with van der Waals surface area (Å²) in [5.74, 6) is 0.873. The van der Waals surface area contributed by atoms with Gasteiger partial charge >= 0.3 is 6.09 Å². The fraction of sp³-hybridized carbons (Fsp3) is 0.579. The van der Waals surface area contributed by atoms with Gasteiger partial charge in [0.15, 0.2) is 0 Å². The highest BCUT2D eigenvalue weighted by molar-refractivity contribution is 7.99. The van der Waals surface area contributed by atoms with Gasteiger partial charge in [-0.05, 0) is 57.9 Å². The van der Waals surface area contributed by atoms with Gasteiger partial charge in [0.05, 0.1) is 0 Å². The number of hydrogen-bond donors (Lipinski definition) is 1. The second-order valence-corrected chi connectivity index (χ2v) is 8.31. The van der Waals surface area contributed by atoms with Crippen molar-refractivity contribution in [1.29, 1.82) is 0 Å². The summed E-state index contributed by atoms with van der Waals surface area (Å²) < 4.78 is 5.40. The number of thioether (sulfide) groups is 1. The van der Waals surface area contributed by atoms with Gasteiger partial charge in [0, 0.05) is 18.0 Å². The van der Waals surface area contributed by atoms with E-state index in [9.17, 15) is 9.59 Å². The van der Waals surface area contributed by atoms with E-state index in [-0.39, 0.29) is 5.91 Å². The Hall–Kier alpha value is -1.69. The van der Waals surface area contributed by atoms with Gasteiger partial charge in [-0.1, -0.05) is 18.2 Å². The number of carbonyl (C=O) groups is 2. The average Bonchev–Trinajstić information content (AvgIpc) is 3.03. The minimum atomic E-state index is -0.546. The molecule has 2 rings (SSSR count). The molecule has 5 nitrogen and oxygen atoms in total. The molecule has 138 valence electrons. The molecule has 25 heavy (non-hydrogen) atoms. The van der Waals surface area contributed by atoms with Crippen molar-refractivity contribution in [2.75, 3.05) is 18.8 Å². The van der Waals surface area contributed by atoms with Gasteiger partial charge in [0.2, 0.25) is 5.91 Å². The lowest BCUT2D eigenvalue weighted by atomic mass is 10.2. The number of carbonyl (C=O) groups excluding carboxylic acids is 2. The highest BCUT2D eigenvalue weighted by Gasteiger charge is 2.36. The standard InChI is InChI=1S/C19H28N2O3S/c1-19(2,3)24-18(23)21-13-7-11-16(21)17(22)20-12-8-14-25-15-9-5-4-6-10-15/h4-6,9-10,16H,7-8,11-14H2,1-3H3,(H,20,22). The third kappa shape index (κ3) is 6.61. The quantitative estimate of drug-likeness (QED) is 0.618. The number of hydrogen-bond acceptors (Lipinski definition) is 4. The zero-order chi connectivity index (χ0) is 18.3. The van der Waals surface area contributed by atoms with Crippen LogP contribution in [0.2, 0.25) is 0 Å². The van der Waals surface area contributed by atoms with E-state index in [1.165, 1.54) is 4.90 Å². The summed E-state index contributed by atoms with van der Waals surface area (Å²) in [5, 5.41) is 2.96. The Morgan fingerprint density at radius 3 is 2.68 bits per heavy atom. The molecule has 1 aliphatic rings. The molecule has 0 radical (unpaired) electrons. The summed E-state index contributed by atoms with van der Waals surface area (Å²) in [4.78, 5) is 27.4. The van der Waals surface area contributed by atoms with Crippen molar-refractivity contribution in [3.05, 3.63) is 30.3 Å². The van der Waals surface area contributed by atoms with Crippen LogP contribution in [-0.2, 0) is 9.53 Å². The molecule has 2 amide bonds. The highest BCUT2D eigenvalue weighted by atomic mass is 32.2. The predicted octanol–water partition coefficient (Wildman–Crippen LogP) is 3.68. The van der Waals surface area contributed by atoms with Crippen LogP contribution < -0.4 is 5.32 Å². The van der Waals surface area contributed by atoms with Gasteiger partial charge in [-0.2, -0.15) is 0 Å². The third-order valence-corrected chi connectivity index (χ3v) is 4.91. The van der Waals surface area contributed by atoms with Gasteiger partial charge in [0.25, 0.3) is 0 Å². The maximum Gasteiger partial charge on any atom is 0.410 e. The van der Waals surface area contributed by atoms with Crippen molar-refractivity contribution in [2.45, 2.75) is 56.6 Å². The molecule has 1 atom stereocenters. The fourth-order valence-corrected chi connectivity index (χ4v) is 3.56. The zero-order valence-corrected chi connectivity index (χ0v) is 16.1. The van der Waals surface area contributed by atoms with Crippen molar-refractivity contribution in [3.8, 4) is 0 Å². The number of benzene rings is 1. The number of nitrogens with zero attached hydrogens (tertiary/aromatic N) is 1. The van der Waals surface area contributed by atoms with Crippen molar-refractivity contribution in [2.24, 2.45) is 0 Å². The van der Waals surface area contributed by atoms with Crippen molar-refractivity contribution in [1.82, 2.24) is 10.2 Å². The lowest BCUT2D eigenvalue weighted by Gasteiger charge is -2.28. The van der Waals surface area contributed by atoms with Crippen LogP contribution in [0, 0.1) is 0 Å². The molecule has 1 saturated heterocycles. The molecule has 1 fully saturated rings. The Balaban J connectivity index is 1.71. The number of rotatable bonds is 6. The second-order valence-electron chi connectivity index (χ2n) is 7.14. The van der Waals surface area contributed by atoms with E-state index in [0.29, 0.717) is 19.5 Å². The molecule has 1 heterocycles. The summed E-state index contributed by atoms with van der Waals surface area (Å²) in [6, 6.07) is 9.81. The number of nitrogens with one attached hydrogen (secondary N) is 1. The minimum absolute atomic E-state index is 0.0759. The van der Waals surface area contributed by atoms with Crippen LogP contribution in [0.1, 0.15) is 40.0 Å². The molecule has 1 unspecified atom stereocenters. The fourth-order valence-electron chi connectivity index (χ4n) is 2.69. The van der Waals surface area contributed by atoms with E-state index in [4.69, 9.17) is 4.74 Å². The molecule has 0 aromatic heterocycles. The van der Waals surface area contributed by atoms with Crippen molar-refractivity contribution >= 4 is 23.8 Å². The zero-order valence-electron chi connectivity index (χ0n) is 15.3. The Kier molecular flexibility index (Phi) is 7.17. The van der Waals surface area contributed by atoms with Crippen LogP contribution in [0.3, 0.4) is 0 Å². The summed E-state index contributed by atoms with van der Waals surface area (Å²) in [5.41, 5.74) is -0.546. The van der Waals surface area contributed by atoms with E-state index in [1.54, 1.807) is 16.7 Å². The Labute approximate surface area is 154 Å². The van der Waals surface area contributed by atoms with Crippen LogP contribution in [0.5, 0.6) is 0 Å². The molecule has 6 heteroatoms. The summed E-state index contributed by atoms with van der Waals surface area (Å²) in [6.45, 7) is 6.70. The predicted molar refractivity (Wildman–Crippen MR) is 101 cm³/mol. The van der Waals surface area contributed by atoms with Gasteiger partial charge < -0.3 is 10.1 Å². The second kappa shape index (κ2) is 9.13. The molecular weight excluding hydrogens is 336 g/mol. The highest BCUT2D eigenvalue weighted by Crippen LogP contribution is 2.21. The molecular formula is C19H28N2O3S. The maximum absolute atomic E-state index is 12.4. The largest absolute Gasteiger partial charge is 0.444 e. The number of likely N-dealkylation sites (tertiary alicyclic amines) is 1. The van der Waals surface area contributed by atoms with Gasteiger partial charge in [-0.25, -0.2) is 4.79 Å². The molecule has 1 N–H and O–H groups in total. The molecule has 0 spiro atoms. The molecule has 1 aliphatic heterocycles. The van der Waals surface area contributed by atoms with Crippen molar-refractivity contribution in [3.63, 3.8) is 0 Å². The first-order valence-corrected chi connectivity index (χ1v) is 9.80. The third-order valence-electron chi connectivity index (χ3n) is 3.82. The van der Waals surface area contributed by atoms with Gasteiger partial charge in [-0.3, -0.25) is 9.69 Å². The molecule has 0 saturated carbocycles. The van der Waals surface area contributed by atoms with E-state index in [1.807, 2.05) is 39.0 Å². The van der Waals surface area contributed by atoms with Crippen LogP contribution >= 0.6 is 11.8 Å². The maximum atomic E-state index is 12.4. The minimum Gasteiger partial charge on any atom is -0.444 e. The number of ether oxygens (including phenoxy) is 1. The molecule has 1 aromatic carbocycles. The van der Waals surface area contributed by atoms with Crippen LogP contribution in [-0.4, -0.2) is 47.4 Å². The summed E-state index contributed by atoms with van der Waals surface area (Å²) >= 11 is 1.78. The van der Waals surface area contributed by atoms with E-state index in [2.05, 4.69) is 17.4 Å². The summed E-state index contributed by atoms with van der Waals surface area (Å²) in [7, 11) is 0. The first kappa shape index (κ1) is 19.6. The summed E-state index contributed by atoms with van der Waals surface area (Å²) in [6.07, 6.45) is 2.03. The van der Waals surface area contributed by atoms with E-state index in [0.717, 1.165) is 18.6 Å².